The SMILES string of the molecule is Cc1cn(C(=O)C2(CC[C@]3(C)C(C)C(=O)C=C4[C@@]5(C)C=C(C#N)C(=O)[C@@H](C)[C@@H]5CC[C@]43C)CCC(C)(C)CC2)c(C)n1. The van der Waals surface area contributed by atoms with Gasteiger partial charge in [0.05, 0.1) is 16.7 Å². The topological polar surface area (TPSA) is 92.8 Å². The number of ketones is 2. The van der Waals surface area contributed by atoms with Crippen molar-refractivity contribution in [1.29, 1.82) is 5.26 Å². The highest BCUT2D eigenvalue weighted by Gasteiger charge is 2.63. The van der Waals surface area contributed by atoms with Crippen LogP contribution in [-0.2, 0) is 9.59 Å². The molecule has 4 aliphatic rings. The first-order valence-corrected chi connectivity index (χ1v) is 16.0. The fourth-order valence-corrected chi connectivity index (χ4v) is 9.53. The van der Waals surface area contributed by atoms with Crippen LogP contribution in [0.1, 0.15) is 116 Å². The molecule has 1 heterocycles. The highest BCUT2D eigenvalue weighted by atomic mass is 16.2. The number of Topliss-reactive ketones (excluding diaryl/α,β-unsaturated/α-hetero) is 1. The molecule has 6 heteroatoms. The van der Waals surface area contributed by atoms with Gasteiger partial charge in [-0.25, -0.2) is 4.98 Å². The maximum absolute atomic E-state index is 14.4. The highest BCUT2D eigenvalue weighted by Crippen LogP contribution is 2.69. The summed E-state index contributed by atoms with van der Waals surface area (Å²) < 4.78 is 1.78. The summed E-state index contributed by atoms with van der Waals surface area (Å²) in [7, 11) is 0. The Hall–Kier alpha value is -2.81. The maximum atomic E-state index is 14.4. The van der Waals surface area contributed by atoms with E-state index in [1.165, 1.54) is 0 Å². The molecule has 0 radical (unpaired) electrons. The van der Waals surface area contributed by atoms with Crippen LogP contribution in [-0.4, -0.2) is 27.0 Å². The lowest BCUT2D eigenvalue weighted by molar-refractivity contribution is -0.132. The second-order valence-electron chi connectivity index (χ2n) is 15.7. The van der Waals surface area contributed by atoms with Crippen molar-refractivity contribution in [1.82, 2.24) is 9.55 Å². The molecule has 6 atom stereocenters. The van der Waals surface area contributed by atoms with E-state index >= 15 is 0 Å². The molecule has 226 valence electrons. The number of carbonyl (C=O) groups excluding carboxylic acids is 3. The van der Waals surface area contributed by atoms with Crippen LogP contribution in [0, 0.1) is 70.0 Å². The minimum absolute atomic E-state index is 0.0628. The van der Waals surface area contributed by atoms with E-state index in [4.69, 9.17) is 0 Å². The number of nitriles is 1. The molecule has 0 N–H and O–H groups in total. The lowest BCUT2D eigenvalue weighted by Crippen LogP contribution is -2.58. The molecule has 2 fully saturated rings. The number of allylic oxidation sites excluding steroid dienone is 4. The number of rotatable bonds is 4. The van der Waals surface area contributed by atoms with E-state index in [1.807, 2.05) is 39.1 Å². The molecule has 1 aromatic rings. The van der Waals surface area contributed by atoms with Crippen LogP contribution in [0.2, 0.25) is 0 Å². The fourth-order valence-electron chi connectivity index (χ4n) is 9.53. The average molecular weight is 572 g/mol. The number of carbonyl (C=O) groups is 3. The van der Waals surface area contributed by atoms with Gasteiger partial charge in [-0.3, -0.25) is 19.0 Å². The number of hydrogen-bond acceptors (Lipinski definition) is 5. The monoisotopic (exact) mass is 571 g/mol. The van der Waals surface area contributed by atoms with Gasteiger partial charge in [-0.05, 0) is 93.5 Å². The molecule has 0 spiro atoms. The second-order valence-corrected chi connectivity index (χ2v) is 15.7. The summed E-state index contributed by atoms with van der Waals surface area (Å²) in [4.78, 5) is 45.8. The van der Waals surface area contributed by atoms with Crippen LogP contribution >= 0.6 is 0 Å². The highest BCUT2D eigenvalue weighted by molar-refractivity contribution is 6.02. The summed E-state index contributed by atoms with van der Waals surface area (Å²) in [5, 5.41) is 9.84. The van der Waals surface area contributed by atoms with Crippen molar-refractivity contribution < 1.29 is 14.4 Å². The Kier molecular flexibility index (Phi) is 7.19. The van der Waals surface area contributed by atoms with Crippen LogP contribution in [0.3, 0.4) is 0 Å². The van der Waals surface area contributed by atoms with Crippen molar-refractivity contribution >= 4 is 17.5 Å². The fraction of sp³-hybridized carbons (Fsp3) is 0.694. The predicted octanol–water partition coefficient (Wildman–Crippen LogP) is 7.75. The van der Waals surface area contributed by atoms with E-state index in [0.717, 1.165) is 68.5 Å². The standard InChI is InChI=1S/C36H49N3O3/c1-22-21-39(25(4)38-22)31(42)36(15-12-32(5,6)13-16-36)17-14-34(8)24(3)28(40)18-29-33(7)19-26(20-37)30(41)23(2)27(33)10-11-35(29,34)9/h18-19,21,23-24,27H,10-17H2,1-9H3/t23-,24?,27-,33-,34+,35+/m0/s1. The molecule has 2 saturated carbocycles. The molecule has 5 rings (SSSR count). The lowest BCUT2D eigenvalue weighted by atomic mass is 9.40. The zero-order chi connectivity index (χ0) is 31.0. The predicted molar refractivity (Wildman–Crippen MR) is 163 cm³/mol. The Bertz CT molecular complexity index is 1440. The van der Waals surface area contributed by atoms with Gasteiger partial charge in [0.25, 0.3) is 0 Å². The average Bonchev–Trinajstić information content (AvgIpc) is 3.28. The van der Waals surface area contributed by atoms with E-state index in [0.29, 0.717) is 0 Å². The number of nitrogens with zero attached hydrogens (tertiary/aromatic N) is 3. The Morgan fingerprint density at radius 3 is 2.24 bits per heavy atom. The number of imidazole rings is 1. The second kappa shape index (κ2) is 9.86. The lowest BCUT2D eigenvalue weighted by Gasteiger charge is -2.63. The molecule has 42 heavy (non-hydrogen) atoms. The van der Waals surface area contributed by atoms with E-state index in [9.17, 15) is 19.6 Å². The van der Waals surface area contributed by atoms with Gasteiger partial charge in [0.15, 0.2) is 11.6 Å². The van der Waals surface area contributed by atoms with Crippen LogP contribution in [0.5, 0.6) is 0 Å². The van der Waals surface area contributed by atoms with Gasteiger partial charge in [0.2, 0.25) is 5.91 Å². The van der Waals surface area contributed by atoms with Gasteiger partial charge in [-0.15, -0.1) is 0 Å². The van der Waals surface area contributed by atoms with Crippen LogP contribution in [0.4, 0.5) is 0 Å². The van der Waals surface area contributed by atoms with Crippen molar-refractivity contribution in [3.8, 4) is 6.07 Å². The van der Waals surface area contributed by atoms with Crippen LogP contribution < -0.4 is 0 Å². The Morgan fingerprint density at radius 1 is 1.02 bits per heavy atom. The van der Waals surface area contributed by atoms with Crippen molar-refractivity contribution in [2.24, 2.45) is 44.8 Å². The largest absolute Gasteiger partial charge is 0.295 e. The molecule has 1 unspecified atom stereocenters. The van der Waals surface area contributed by atoms with E-state index in [1.54, 1.807) is 4.57 Å². The summed E-state index contributed by atoms with van der Waals surface area (Å²) in [6, 6.07) is 2.16. The van der Waals surface area contributed by atoms with Gasteiger partial charge < -0.3 is 0 Å². The molecule has 1 aromatic heterocycles. The van der Waals surface area contributed by atoms with Crippen molar-refractivity contribution in [3.05, 3.63) is 41.0 Å². The summed E-state index contributed by atoms with van der Waals surface area (Å²) >= 11 is 0. The molecular formula is C36H49N3O3. The summed E-state index contributed by atoms with van der Waals surface area (Å²) in [6.45, 7) is 19.2. The van der Waals surface area contributed by atoms with Gasteiger partial charge >= 0.3 is 0 Å². The minimum Gasteiger partial charge on any atom is -0.295 e. The molecule has 4 aliphatic carbocycles. The summed E-state index contributed by atoms with van der Waals surface area (Å²) in [6.07, 6.45) is 12.5. The first-order chi connectivity index (χ1) is 19.4. The van der Waals surface area contributed by atoms with E-state index in [2.05, 4.69) is 52.6 Å². The molecule has 0 bridgehead atoms. The van der Waals surface area contributed by atoms with Crippen molar-refractivity contribution in [2.45, 2.75) is 114 Å². The maximum Gasteiger partial charge on any atom is 0.238 e. The number of aryl methyl sites for hydroxylation is 2. The smallest absolute Gasteiger partial charge is 0.238 e. The third-order valence-corrected chi connectivity index (χ3v) is 13.0. The minimum atomic E-state index is -0.531. The summed E-state index contributed by atoms with van der Waals surface area (Å²) in [5.74, 6) is 0.536. The first kappa shape index (κ1) is 30.6. The normalized spacial score (nSPS) is 37.2. The number of fused-ring (bicyclic) bond motifs is 3. The Labute approximate surface area is 252 Å². The zero-order valence-corrected chi connectivity index (χ0v) is 27.2. The van der Waals surface area contributed by atoms with Gasteiger partial charge in [-0.1, -0.05) is 60.1 Å². The third-order valence-electron chi connectivity index (χ3n) is 13.0. The molecule has 0 amide bonds. The van der Waals surface area contributed by atoms with Gasteiger partial charge in [0, 0.05) is 23.4 Å². The molecule has 0 aromatic carbocycles. The zero-order valence-electron chi connectivity index (χ0n) is 27.2. The van der Waals surface area contributed by atoms with Crippen LogP contribution in [0.25, 0.3) is 0 Å². The van der Waals surface area contributed by atoms with Crippen LogP contribution in [0.15, 0.2) is 29.5 Å². The first-order valence-electron chi connectivity index (χ1n) is 16.0. The molecule has 6 nitrogen and oxygen atoms in total. The number of aromatic nitrogens is 2. The Morgan fingerprint density at radius 2 is 1.67 bits per heavy atom. The molecule has 0 aliphatic heterocycles. The van der Waals surface area contributed by atoms with Crippen molar-refractivity contribution in [2.75, 3.05) is 0 Å². The van der Waals surface area contributed by atoms with Crippen molar-refractivity contribution in [3.63, 3.8) is 0 Å². The quantitative estimate of drug-likeness (QED) is 0.368. The molecule has 0 saturated heterocycles. The van der Waals surface area contributed by atoms with Gasteiger partial charge in [0.1, 0.15) is 11.9 Å². The summed E-state index contributed by atoms with van der Waals surface area (Å²) in [5.41, 5.74) is 0.637. The molecular weight excluding hydrogens is 522 g/mol. The Balaban J connectivity index is 1.56. The third kappa shape index (κ3) is 4.32. The van der Waals surface area contributed by atoms with Gasteiger partial charge in [-0.2, -0.15) is 5.26 Å². The van der Waals surface area contributed by atoms with E-state index < -0.39 is 10.8 Å². The number of hydrogen-bond donors (Lipinski definition) is 0. The van der Waals surface area contributed by atoms with E-state index in [-0.39, 0.29) is 57.0 Å².